The number of esters is 1. The first-order chi connectivity index (χ1) is 38.5. The molecule has 0 aliphatic carbocycles. The topological polar surface area (TPSA) is 95.9 Å². The molecule has 0 aromatic heterocycles. The fourth-order valence-corrected chi connectivity index (χ4v) is 11.6. The van der Waals surface area contributed by atoms with Crippen molar-refractivity contribution in [2.75, 3.05) is 13.2 Å². The van der Waals surface area contributed by atoms with Crippen molar-refractivity contribution < 1.29 is 24.5 Å². The maximum absolute atomic E-state index is 12.6. The van der Waals surface area contributed by atoms with Crippen LogP contribution in [0.4, 0.5) is 0 Å². The van der Waals surface area contributed by atoms with Crippen LogP contribution in [0.25, 0.3) is 0 Å². The lowest BCUT2D eigenvalue weighted by atomic mass is 10.0. The minimum absolute atomic E-state index is 0.00552. The van der Waals surface area contributed by atoms with E-state index in [1.807, 2.05) is 0 Å². The first-order valence-electron chi connectivity index (χ1n) is 35.9. The number of carbonyl (C=O) groups is 2. The van der Waals surface area contributed by atoms with E-state index in [0.717, 1.165) is 44.9 Å². The first kappa shape index (κ1) is 76.6. The van der Waals surface area contributed by atoms with Crippen molar-refractivity contribution in [2.24, 2.45) is 0 Å². The highest BCUT2D eigenvalue weighted by molar-refractivity contribution is 5.76. The Labute approximate surface area is 489 Å². The van der Waals surface area contributed by atoms with Gasteiger partial charge < -0.3 is 20.3 Å². The van der Waals surface area contributed by atoms with Crippen LogP contribution in [0.15, 0.2) is 12.2 Å². The zero-order valence-electron chi connectivity index (χ0n) is 53.2. The lowest BCUT2D eigenvalue weighted by molar-refractivity contribution is -0.143. The number of aliphatic hydroxyl groups excluding tert-OH is 2. The number of unbranched alkanes of at least 4 members (excludes halogenated alkanes) is 55. The Bertz CT molecular complexity index is 1180. The number of aliphatic hydroxyl groups is 2. The van der Waals surface area contributed by atoms with E-state index < -0.39 is 12.1 Å². The molecule has 0 bridgehead atoms. The van der Waals surface area contributed by atoms with E-state index >= 15 is 0 Å². The molecule has 0 saturated carbocycles. The molecule has 0 aliphatic heterocycles. The van der Waals surface area contributed by atoms with Gasteiger partial charge in [0.2, 0.25) is 5.91 Å². The van der Waals surface area contributed by atoms with Crippen LogP contribution in [0.1, 0.15) is 412 Å². The van der Waals surface area contributed by atoms with Gasteiger partial charge in [-0.15, -0.1) is 0 Å². The highest BCUT2D eigenvalue weighted by Crippen LogP contribution is 2.19. The molecule has 0 aromatic rings. The Morgan fingerprint density at radius 2 is 0.603 bits per heavy atom. The number of amides is 1. The lowest BCUT2D eigenvalue weighted by Gasteiger charge is -2.22. The molecular formula is C72H141NO5. The molecule has 6 heteroatoms. The Morgan fingerprint density at radius 1 is 0.346 bits per heavy atom. The third-order valence-electron chi connectivity index (χ3n) is 17.1. The molecule has 0 aromatic carbocycles. The second-order valence-corrected chi connectivity index (χ2v) is 24.9. The number of ether oxygens (including phenoxy) is 1. The molecule has 2 atom stereocenters. The molecule has 464 valence electrons. The van der Waals surface area contributed by atoms with Gasteiger partial charge in [0, 0.05) is 12.8 Å². The molecule has 0 radical (unpaired) electrons. The molecule has 6 nitrogen and oxygen atoms in total. The summed E-state index contributed by atoms with van der Waals surface area (Å²) in [7, 11) is 0. The lowest BCUT2D eigenvalue weighted by Crippen LogP contribution is -2.45. The van der Waals surface area contributed by atoms with Crippen molar-refractivity contribution in [2.45, 2.75) is 424 Å². The van der Waals surface area contributed by atoms with Crippen molar-refractivity contribution in [3.8, 4) is 0 Å². The van der Waals surface area contributed by atoms with E-state index in [1.54, 1.807) is 0 Å². The standard InChI is InChI=1S/C72H141NO5/c1-3-5-7-9-11-13-15-17-19-20-21-22-23-24-25-27-30-33-37-40-44-48-52-56-60-64-70(75)69(68-74)73-71(76)65-61-57-53-49-45-41-38-34-31-28-26-29-32-35-39-43-47-51-55-59-63-67-78-72(77)66-62-58-54-50-46-42-36-18-16-14-12-10-8-6-4-2/h18,36,69-70,74-75H,3-17,19-35,37-68H2,1-2H3,(H,73,76)/b36-18-. The summed E-state index contributed by atoms with van der Waals surface area (Å²) in [5.41, 5.74) is 0. The summed E-state index contributed by atoms with van der Waals surface area (Å²) in [6.07, 6.45) is 84.0. The number of rotatable bonds is 68. The molecule has 3 N–H and O–H groups in total. The van der Waals surface area contributed by atoms with E-state index in [1.165, 1.54) is 334 Å². The molecule has 0 saturated heterocycles. The van der Waals surface area contributed by atoms with Crippen LogP contribution in [0.2, 0.25) is 0 Å². The van der Waals surface area contributed by atoms with E-state index in [0.29, 0.717) is 25.9 Å². The Kier molecular flexibility index (Phi) is 66.9. The van der Waals surface area contributed by atoms with Crippen molar-refractivity contribution in [3.05, 3.63) is 12.2 Å². The van der Waals surface area contributed by atoms with Crippen LogP contribution >= 0.6 is 0 Å². The predicted molar refractivity (Wildman–Crippen MR) is 343 cm³/mol. The van der Waals surface area contributed by atoms with Crippen molar-refractivity contribution >= 4 is 11.9 Å². The Balaban J connectivity index is 3.38. The minimum Gasteiger partial charge on any atom is -0.466 e. The molecule has 78 heavy (non-hydrogen) atoms. The third-order valence-corrected chi connectivity index (χ3v) is 17.1. The van der Waals surface area contributed by atoms with Crippen molar-refractivity contribution in [3.63, 3.8) is 0 Å². The summed E-state index contributed by atoms with van der Waals surface area (Å²) in [6.45, 7) is 4.99. The molecule has 0 rings (SSSR count). The summed E-state index contributed by atoms with van der Waals surface area (Å²) < 4.78 is 5.49. The van der Waals surface area contributed by atoms with Gasteiger partial charge in [-0.05, 0) is 51.4 Å². The van der Waals surface area contributed by atoms with Crippen LogP contribution in [0.5, 0.6) is 0 Å². The second kappa shape index (κ2) is 68.1. The summed E-state index contributed by atoms with van der Waals surface area (Å²) in [5.74, 6) is -0.0250. The number of allylic oxidation sites excluding steroid dienone is 2. The summed E-state index contributed by atoms with van der Waals surface area (Å²) in [4.78, 5) is 24.6. The molecule has 0 fully saturated rings. The van der Waals surface area contributed by atoms with Gasteiger partial charge in [0.15, 0.2) is 0 Å². The van der Waals surface area contributed by atoms with Crippen LogP contribution in [0.3, 0.4) is 0 Å². The first-order valence-corrected chi connectivity index (χ1v) is 35.9. The quantitative estimate of drug-likeness (QED) is 0.0320. The average molecular weight is 1100 g/mol. The molecular weight excluding hydrogens is 959 g/mol. The van der Waals surface area contributed by atoms with Crippen molar-refractivity contribution in [1.29, 1.82) is 0 Å². The SMILES string of the molecule is CCCCCCCC/C=C\CCCCCCCC(=O)OCCCCCCCCCCCCCCCCCCCCCCCC(=O)NC(CO)C(O)CCCCCCCCCCCCCCCCCCCCCCCCCCC. The van der Waals surface area contributed by atoms with Gasteiger partial charge in [-0.2, -0.15) is 0 Å². The summed E-state index contributed by atoms with van der Waals surface area (Å²) in [5, 5.41) is 23.5. The fraction of sp³-hybridized carbons (Fsp3) is 0.944. The largest absolute Gasteiger partial charge is 0.466 e. The van der Waals surface area contributed by atoms with Crippen LogP contribution < -0.4 is 5.32 Å². The second-order valence-electron chi connectivity index (χ2n) is 24.9. The Morgan fingerprint density at radius 3 is 0.910 bits per heavy atom. The minimum atomic E-state index is -0.666. The summed E-state index contributed by atoms with van der Waals surface area (Å²) >= 11 is 0. The monoisotopic (exact) mass is 1100 g/mol. The third kappa shape index (κ3) is 63.8. The van der Waals surface area contributed by atoms with Crippen LogP contribution in [0, 0.1) is 0 Å². The van der Waals surface area contributed by atoms with Crippen LogP contribution in [-0.2, 0) is 14.3 Å². The normalized spacial score (nSPS) is 12.5. The maximum Gasteiger partial charge on any atom is 0.305 e. The zero-order valence-corrected chi connectivity index (χ0v) is 53.2. The van der Waals surface area contributed by atoms with Gasteiger partial charge >= 0.3 is 5.97 Å². The molecule has 0 aliphatic rings. The number of nitrogens with one attached hydrogen (secondary N) is 1. The highest BCUT2D eigenvalue weighted by Gasteiger charge is 2.20. The predicted octanol–water partition coefficient (Wildman–Crippen LogP) is 23.1. The molecule has 0 heterocycles. The van der Waals surface area contributed by atoms with E-state index in [2.05, 4.69) is 31.3 Å². The van der Waals surface area contributed by atoms with Gasteiger partial charge in [0.25, 0.3) is 0 Å². The van der Waals surface area contributed by atoms with Crippen molar-refractivity contribution in [1.82, 2.24) is 5.32 Å². The van der Waals surface area contributed by atoms with Gasteiger partial charge in [-0.3, -0.25) is 9.59 Å². The molecule has 0 spiro atoms. The highest BCUT2D eigenvalue weighted by atomic mass is 16.5. The molecule has 1 amide bonds. The number of hydrogen-bond acceptors (Lipinski definition) is 5. The van der Waals surface area contributed by atoms with Crippen LogP contribution in [-0.4, -0.2) is 47.4 Å². The van der Waals surface area contributed by atoms with E-state index in [9.17, 15) is 19.8 Å². The van der Waals surface area contributed by atoms with Gasteiger partial charge in [0.05, 0.1) is 25.4 Å². The maximum atomic E-state index is 12.6. The average Bonchev–Trinajstić information content (AvgIpc) is 3.44. The Hall–Kier alpha value is -1.40. The summed E-state index contributed by atoms with van der Waals surface area (Å²) in [6, 6.07) is -0.543. The fourth-order valence-electron chi connectivity index (χ4n) is 11.6. The van der Waals surface area contributed by atoms with E-state index in [-0.39, 0.29) is 18.5 Å². The zero-order chi connectivity index (χ0) is 56.4. The number of carbonyl (C=O) groups excluding carboxylic acids is 2. The van der Waals surface area contributed by atoms with E-state index in [4.69, 9.17) is 4.74 Å². The van der Waals surface area contributed by atoms with Gasteiger partial charge in [-0.1, -0.05) is 360 Å². The smallest absolute Gasteiger partial charge is 0.305 e. The van der Waals surface area contributed by atoms with Gasteiger partial charge in [-0.25, -0.2) is 0 Å². The van der Waals surface area contributed by atoms with Gasteiger partial charge in [0.1, 0.15) is 0 Å². The molecule has 2 unspecified atom stereocenters. The number of hydrogen-bond donors (Lipinski definition) is 3.